The number of hydrogen-bond donors (Lipinski definition) is 1. The van der Waals surface area contributed by atoms with Crippen LogP contribution in [0.3, 0.4) is 0 Å². The van der Waals surface area contributed by atoms with Gasteiger partial charge < -0.3 is 5.73 Å². The summed E-state index contributed by atoms with van der Waals surface area (Å²) >= 11 is 3.44. The molecule has 0 bridgehead atoms. The molecule has 4 rings (SSSR count). The highest BCUT2D eigenvalue weighted by atomic mass is 79.9. The van der Waals surface area contributed by atoms with Crippen LogP contribution in [-0.4, -0.2) is 10.8 Å². The number of amidine groups is 1. The van der Waals surface area contributed by atoms with Crippen LogP contribution in [0.25, 0.3) is 0 Å². The molecule has 142 valence electrons. The predicted molar refractivity (Wildman–Crippen MR) is 105 cm³/mol. The molecule has 0 saturated carbocycles. The number of halogens is 4. The number of nitrogens with zero attached hydrogens (tertiary/aromatic N) is 2. The van der Waals surface area contributed by atoms with E-state index in [1.165, 1.54) is 12.1 Å². The monoisotopic (exact) mass is 445 g/mol. The number of rotatable bonds is 3. The van der Waals surface area contributed by atoms with E-state index in [1.807, 2.05) is 24.3 Å². The van der Waals surface area contributed by atoms with Crippen molar-refractivity contribution in [2.75, 3.05) is 0 Å². The van der Waals surface area contributed by atoms with Crippen molar-refractivity contribution in [2.45, 2.75) is 18.9 Å². The first-order valence-corrected chi connectivity index (χ1v) is 9.30. The Kier molecular flexibility index (Phi) is 4.50. The molecule has 0 spiro atoms. The number of hydrogen-bond acceptors (Lipinski definition) is 3. The third kappa shape index (κ3) is 2.81. The summed E-state index contributed by atoms with van der Waals surface area (Å²) in [4.78, 5) is 8.56. The van der Waals surface area contributed by atoms with Crippen molar-refractivity contribution in [3.05, 3.63) is 98.5 Å². The number of pyridine rings is 1. The van der Waals surface area contributed by atoms with Crippen LogP contribution in [0.15, 0.2) is 64.1 Å². The second-order valence-corrected chi connectivity index (χ2v) is 7.52. The fraction of sp³-hybridized carbons (Fsp3) is 0.143. The number of aliphatic imine (C=N–C) groups is 1. The van der Waals surface area contributed by atoms with Gasteiger partial charge >= 0.3 is 0 Å². The Bertz CT molecular complexity index is 1110. The Morgan fingerprint density at radius 3 is 2.50 bits per heavy atom. The van der Waals surface area contributed by atoms with E-state index in [-0.39, 0.29) is 17.1 Å². The van der Waals surface area contributed by atoms with Gasteiger partial charge in [0.1, 0.15) is 22.9 Å². The highest BCUT2D eigenvalue weighted by molar-refractivity contribution is 9.10. The molecule has 0 amide bonds. The third-order valence-electron chi connectivity index (χ3n) is 4.80. The first-order valence-electron chi connectivity index (χ1n) is 8.51. The highest BCUT2D eigenvalue weighted by Gasteiger charge is 2.44. The quantitative estimate of drug-likeness (QED) is 0.599. The number of benzene rings is 2. The molecule has 1 aromatic heterocycles. The predicted octanol–water partition coefficient (Wildman–Crippen LogP) is 5.24. The molecule has 1 unspecified atom stereocenters. The number of alkyl halides is 2. The van der Waals surface area contributed by atoms with Crippen LogP contribution in [0, 0.1) is 12.7 Å². The molecule has 2 aromatic carbocycles. The maximum atomic E-state index is 14.6. The molecule has 1 atom stereocenters. The van der Waals surface area contributed by atoms with Crippen LogP contribution < -0.4 is 5.73 Å². The van der Waals surface area contributed by atoms with E-state index < -0.39 is 17.8 Å². The highest BCUT2D eigenvalue weighted by Crippen LogP contribution is 2.47. The Hall–Kier alpha value is -2.67. The Morgan fingerprint density at radius 2 is 1.79 bits per heavy atom. The Labute approximate surface area is 168 Å². The van der Waals surface area contributed by atoms with Crippen molar-refractivity contribution >= 4 is 21.8 Å². The van der Waals surface area contributed by atoms with Crippen LogP contribution in [-0.2, 0) is 5.54 Å². The van der Waals surface area contributed by atoms with Gasteiger partial charge in [0.15, 0.2) is 0 Å². The van der Waals surface area contributed by atoms with Gasteiger partial charge in [-0.2, -0.15) is 0 Å². The summed E-state index contributed by atoms with van der Waals surface area (Å²) in [5.74, 6) is -0.475. The molecule has 7 heteroatoms. The van der Waals surface area contributed by atoms with Crippen LogP contribution in [0.1, 0.15) is 40.1 Å². The van der Waals surface area contributed by atoms with Gasteiger partial charge in [-0.1, -0.05) is 40.2 Å². The number of fused-ring (bicyclic) bond motifs is 1. The summed E-state index contributed by atoms with van der Waals surface area (Å²) < 4.78 is 42.3. The van der Waals surface area contributed by atoms with E-state index in [0.717, 1.165) is 4.47 Å². The van der Waals surface area contributed by atoms with E-state index in [4.69, 9.17) is 5.73 Å². The van der Waals surface area contributed by atoms with Gasteiger partial charge in [0.25, 0.3) is 6.43 Å². The molecule has 0 aliphatic carbocycles. The van der Waals surface area contributed by atoms with Gasteiger partial charge in [-0.3, -0.25) is 4.98 Å². The Morgan fingerprint density at radius 1 is 1.04 bits per heavy atom. The lowest BCUT2D eigenvalue weighted by molar-refractivity contribution is 0.145. The molecule has 1 aliphatic heterocycles. The summed E-state index contributed by atoms with van der Waals surface area (Å²) in [6, 6.07) is 14.9. The summed E-state index contributed by atoms with van der Waals surface area (Å²) in [6.45, 7) is 1.64. The fourth-order valence-electron chi connectivity index (χ4n) is 3.72. The lowest BCUT2D eigenvalue weighted by Crippen LogP contribution is -2.26. The van der Waals surface area contributed by atoms with Crippen molar-refractivity contribution in [2.24, 2.45) is 10.7 Å². The van der Waals surface area contributed by atoms with Gasteiger partial charge in [-0.25, -0.2) is 18.2 Å². The topological polar surface area (TPSA) is 51.3 Å². The summed E-state index contributed by atoms with van der Waals surface area (Å²) in [5, 5.41) is 0. The summed E-state index contributed by atoms with van der Waals surface area (Å²) in [7, 11) is 0. The van der Waals surface area contributed by atoms with Gasteiger partial charge in [0.05, 0.1) is 5.56 Å². The molecule has 3 nitrogen and oxygen atoms in total. The van der Waals surface area contributed by atoms with Gasteiger partial charge in [-0.05, 0) is 48.4 Å². The van der Waals surface area contributed by atoms with E-state index in [9.17, 15) is 13.2 Å². The van der Waals surface area contributed by atoms with E-state index in [0.29, 0.717) is 22.4 Å². The van der Waals surface area contributed by atoms with E-state index in [1.54, 1.807) is 25.1 Å². The number of nitrogens with two attached hydrogens (primary N) is 1. The lowest BCUT2D eigenvalue weighted by atomic mass is 9.77. The largest absolute Gasteiger partial charge is 0.383 e. The second kappa shape index (κ2) is 6.74. The smallest absolute Gasteiger partial charge is 0.280 e. The number of aromatic nitrogens is 1. The molecule has 0 radical (unpaired) electrons. The zero-order valence-electron chi connectivity index (χ0n) is 14.8. The van der Waals surface area contributed by atoms with Crippen molar-refractivity contribution < 1.29 is 13.2 Å². The second-order valence-electron chi connectivity index (χ2n) is 6.60. The van der Waals surface area contributed by atoms with Crippen molar-refractivity contribution in [3.8, 4) is 0 Å². The first-order chi connectivity index (χ1) is 13.3. The van der Waals surface area contributed by atoms with Gasteiger partial charge in [0.2, 0.25) is 0 Å². The zero-order chi connectivity index (χ0) is 20.1. The minimum atomic E-state index is -2.74. The maximum Gasteiger partial charge on any atom is 0.280 e. The standard InChI is InChI=1S/C21H15BrF3N3/c1-11-8-13(10-17(27-11)19(24)25)21(12-4-2-5-14(22)9-12)15-6-3-7-16(23)18(15)20(26)28-21/h2-10,19H,1H3,(H2,26,28). The lowest BCUT2D eigenvalue weighted by Gasteiger charge is -2.30. The maximum absolute atomic E-state index is 14.6. The van der Waals surface area contributed by atoms with Crippen LogP contribution >= 0.6 is 15.9 Å². The molecule has 2 heterocycles. The van der Waals surface area contributed by atoms with E-state index >= 15 is 0 Å². The SMILES string of the molecule is Cc1cc(C2(c3cccc(Br)c3)N=C(N)c3c(F)cccc32)cc(C(F)F)n1. The normalized spacial score (nSPS) is 18.3. The minimum Gasteiger partial charge on any atom is -0.383 e. The first kappa shape index (κ1) is 18.7. The zero-order valence-corrected chi connectivity index (χ0v) is 16.3. The molecular weight excluding hydrogens is 431 g/mol. The van der Waals surface area contributed by atoms with Crippen molar-refractivity contribution in [3.63, 3.8) is 0 Å². The van der Waals surface area contributed by atoms with Crippen LogP contribution in [0.4, 0.5) is 13.2 Å². The van der Waals surface area contributed by atoms with E-state index in [2.05, 4.69) is 25.9 Å². The molecule has 28 heavy (non-hydrogen) atoms. The molecule has 1 aliphatic rings. The third-order valence-corrected chi connectivity index (χ3v) is 5.30. The van der Waals surface area contributed by atoms with Crippen molar-refractivity contribution in [1.82, 2.24) is 4.98 Å². The molecule has 0 fully saturated rings. The molecular formula is C21H15BrF3N3. The summed E-state index contributed by atoms with van der Waals surface area (Å²) in [5.41, 5.74) is 6.76. The molecule has 0 saturated heterocycles. The average molecular weight is 446 g/mol. The fourth-order valence-corrected chi connectivity index (χ4v) is 4.12. The van der Waals surface area contributed by atoms with Crippen LogP contribution in [0.5, 0.6) is 0 Å². The number of aryl methyl sites for hydroxylation is 1. The summed E-state index contributed by atoms with van der Waals surface area (Å²) in [6.07, 6.45) is -2.74. The van der Waals surface area contributed by atoms with Gasteiger partial charge in [0, 0.05) is 15.7 Å². The average Bonchev–Trinajstić information content (AvgIpc) is 2.96. The van der Waals surface area contributed by atoms with Gasteiger partial charge in [-0.15, -0.1) is 0 Å². The van der Waals surface area contributed by atoms with Crippen molar-refractivity contribution in [1.29, 1.82) is 0 Å². The molecule has 3 aromatic rings. The molecule has 2 N–H and O–H groups in total. The minimum absolute atomic E-state index is 0.0288. The Balaban J connectivity index is 2.12. The van der Waals surface area contributed by atoms with Crippen LogP contribution in [0.2, 0.25) is 0 Å².